The van der Waals surface area contributed by atoms with E-state index in [0.29, 0.717) is 12.1 Å². The van der Waals surface area contributed by atoms with Crippen LogP contribution in [0.15, 0.2) is 18.2 Å². The van der Waals surface area contributed by atoms with Crippen molar-refractivity contribution in [1.29, 1.82) is 0 Å². The number of carbonyl (C=O) groups excluding carboxylic acids is 1. The highest BCUT2D eigenvalue weighted by Gasteiger charge is 2.36. The highest BCUT2D eigenvalue weighted by molar-refractivity contribution is 5.94. The van der Waals surface area contributed by atoms with Crippen LogP contribution in [0.2, 0.25) is 0 Å². The first-order chi connectivity index (χ1) is 12.8. The van der Waals surface area contributed by atoms with Gasteiger partial charge in [-0.3, -0.25) is 4.79 Å². The molecule has 2 fully saturated rings. The molecule has 4 N–H and O–H groups in total. The Morgan fingerprint density at radius 2 is 2.08 bits per heavy atom. The Balaban J connectivity index is 1.32. The lowest BCUT2D eigenvalue weighted by molar-refractivity contribution is -0.121. The standard InChI is InChI=1S/C19H26N6O/c26-19(12-5-7-14-15(10-12)23-24-22-14)20-13-6-8-17-16(11-13)21-18-4-2-1-3-9-25(17)18/h6,8,11-12,14-15,22-24H,1-5,7,9-10H2,(H,20,26). The van der Waals surface area contributed by atoms with E-state index in [1.165, 1.54) is 30.6 Å². The van der Waals surface area contributed by atoms with Crippen LogP contribution in [0.25, 0.3) is 11.0 Å². The summed E-state index contributed by atoms with van der Waals surface area (Å²) in [7, 11) is 0. The number of aryl methyl sites for hydroxylation is 2. The molecule has 3 unspecified atom stereocenters. The molecular weight excluding hydrogens is 328 g/mol. The van der Waals surface area contributed by atoms with E-state index < -0.39 is 0 Å². The number of amides is 1. The van der Waals surface area contributed by atoms with E-state index in [1.807, 2.05) is 12.1 Å². The maximum absolute atomic E-state index is 12.7. The molecule has 0 radical (unpaired) electrons. The van der Waals surface area contributed by atoms with Crippen LogP contribution in [0.1, 0.15) is 44.3 Å². The summed E-state index contributed by atoms with van der Waals surface area (Å²) < 4.78 is 2.35. The molecule has 1 aromatic heterocycles. The summed E-state index contributed by atoms with van der Waals surface area (Å²) in [5, 5.41) is 3.12. The minimum Gasteiger partial charge on any atom is -0.328 e. The molecule has 1 aromatic carbocycles. The summed E-state index contributed by atoms with van der Waals surface area (Å²) in [6.07, 6.45) is 7.56. The second-order valence-corrected chi connectivity index (χ2v) is 7.82. The Labute approximate surface area is 152 Å². The second kappa shape index (κ2) is 6.64. The number of rotatable bonds is 2. The smallest absolute Gasteiger partial charge is 0.227 e. The first-order valence-corrected chi connectivity index (χ1v) is 9.84. The van der Waals surface area contributed by atoms with Crippen molar-refractivity contribution in [2.45, 2.75) is 63.6 Å². The van der Waals surface area contributed by atoms with Gasteiger partial charge >= 0.3 is 0 Å². The number of imidazole rings is 1. The van der Waals surface area contributed by atoms with E-state index in [-0.39, 0.29) is 11.8 Å². The number of carbonyl (C=O) groups is 1. The number of nitrogens with zero attached hydrogens (tertiary/aromatic N) is 2. The van der Waals surface area contributed by atoms with Gasteiger partial charge in [0, 0.05) is 36.7 Å². The number of fused-ring (bicyclic) bond motifs is 4. The van der Waals surface area contributed by atoms with E-state index in [9.17, 15) is 4.79 Å². The van der Waals surface area contributed by atoms with Crippen LogP contribution >= 0.6 is 0 Å². The Kier molecular flexibility index (Phi) is 4.15. The molecule has 2 aromatic rings. The maximum Gasteiger partial charge on any atom is 0.227 e. The van der Waals surface area contributed by atoms with Crippen molar-refractivity contribution in [3.05, 3.63) is 24.0 Å². The fraction of sp³-hybridized carbons (Fsp3) is 0.579. The van der Waals surface area contributed by atoms with Gasteiger partial charge in [0.25, 0.3) is 0 Å². The molecule has 7 nitrogen and oxygen atoms in total. The van der Waals surface area contributed by atoms with Crippen LogP contribution in [-0.4, -0.2) is 27.5 Å². The maximum atomic E-state index is 12.7. The molecule has 2 aliphatic heterocycles. The van der Waals surface area contributed by atoms with Gasteiger partial charge in [0.1, 0.15) is 5.82 Å². The van der Waals surface area contributed by atoms with Crippen LogP contribution in [-0.2, 0) is 17.8 Å². The number of nitrogens with one attached hydrogen (secondary N) is 4. The highest BCUT2D eigenvalue weighted by atomic mass is 16.1. The first kappa shape index (κ1) is 16.2. The lowest BCUT2D eigenvalue weighted by Crippen LogP contribution is -2.42. The molecule has 3 heterocycles. The van der Waals surface area contributed by atoms with Crippen molar-refractivity contribution in [3.63, 3.8) is 0 Å². The van der Waals surface area contributed by atoms with E-state index in [4.69, 9.17) is 4.98 Å². The van der Waals surface area contributed by atoms with E-state index in [0.717, 1.165) is 43.4 Å². The Morgan fingerprint density at radius 3 is 3.04 bits per heavy atom. The number of hydrogen-bond donors (Lipinski definition) is 4. The normalized spacial score (nSPS) is 28.4. The topological polar surface area (TPSA) is 83.0 Å². The van der Waals surface area contributed by atoms with Gasteiger partial charge in [-0.15, -0.1) is 0 Å². The van der Waals surface area contributed by atoms with Gasteiger partial charge in [0.05, 0.1) is 11.0 Å². The first-order valence-electron chi connectivity index (χ1n) is 9.84. The Morgan fingerprint density at radius 1 is 1.15 bits per heavy atom. The molecule has 5 rings (SSSR count). The van der Waals surface area contributed by atoms with Crippen LogP contribution in [0, 0.1) is 5.92 Å². The third-order valence-corrected chi connectivity index (χ3v) is 6.11. The summed E-state index contributed by atoms with van der Waals surface area (Å²) >= 11 is 0. The summed E-state index contributed by atoms with van der Waals surface area (Å²) in [5.41, 5.74) is 12.4. The lowest BCUT2D eigenvalue weighted by Gasteiger charge is -2.29. The molecule has 0 spiro atoms. The molecule has 3 aliphatic rings. The van der Waals surface area contributed by atoms with Gasteiger partial charge in [0.2, 0.25) is 5.91 Å². The summed E-state index contributed by atoms with van der Waals surface area (Å²) in [4.78, 5) is 17.5. The van der Waals surface area contributed by atoms with E-state index >= 15 is 0 Å². The fourth-order valence-corrected chi connectivity index (χ4v) is 4.64. The van der Waals surface area contributed by atoms with Crippen LogP contribution in [0.4, 0.5) is 5.69 Å². The average Bonchev–Trinajstić information content (AvgIpc) is 3.18. The van der Waals surface area contributed by atoms with Gasteiger partial charge in [0.15, 0.2) is 0 Å². The molecule has 1 aliphatic carbocycles. The molecule has 3 atom stereocenters. The molecule has 26 heavy (non-hydrogen) atoms. The number of anilines is 1. The van der Waals surface area contributed by atoms with Gasteiger partial charge < -0.3 is 9.88 Å². The van der Waals surface area contributed by atoms with Crippen molar-refractivity contribution >= 4 is 22.6 Å². The van der Waals surface area contributed by atoms with Gasteiger partial charge in [-0.25, -0.2) is 15.8 Å². The third kappa shape index (κ3) is 2.90. The fourth-order valence-electron chi connectivity index (χ4n) is 4.64. The van der Waals surface area contributed by atoms with Gasteiger partial charge in [-0.05, 0) is 50.3 Å². The molecule has 1 amide bonds. The zero-order chi connectivity index (χ0) is 17.5. The van der Waals surface area contributed by atoms with E-state index in [2.05, 4.69) is 32.3 Å². The quantitative estimate of drug-likeness (QED) is 0.662. The van der Waals surface area contributed by atoms with Crippen molar-refractivity contribution in [1.82, 2.24) is 25.9 Å². The van der Waals surface area contributed by atoms with Gasteiger partial charge in [-0.1, -0.05) is 6.42 Å². The van der Waals surface area contributed by atoms with Crippen molar-refractivity contribution < 1.29 is 4.79 Å². The van der Waals surface area contributed by atoms with Crippen molar-refractivity contribution in [2.75, 3.05) is 5.32 Å². The number of hydrogen-bond acceptors (Lipinski definition) is 5. The zero-order valence-corrected chi connectivity index (χ0v) is 14.9. The summed E-state index contributed by atoms with van der Waals surface area (Å²) in [6, 6.07) is 6.90. The number of hydrazine groups is 2. The van der Waals surface area contributed by atoms with Crippen molar-refractivity contribution in [3.8, 4) is 0 Å². The lowest BCUT2D eigenvalue weighted by atomic mass is 9.82. The third-order valence-electron chi connectivity index (χ3n) is 6.11. The number of aromatic nitrogens is 2. The minimum atomic E-state index is 0.0554. The summed E-state index contributed by atoms with van der Waals surface area (Å²) in [5.74, 6) is 1.36. The summed E-state index contributed by atoms with van der Waals surface area (Å²) in [6.45, 7) is 1.05. The van der Waals surface area contributed by atoms with Crippen LogP contribution < -0.4 is 21.7 Å². The molecule has 7 heteroatoms. The second-order valence-electron chi connectivity index (χ2n) is 7.82. The number of benzene rings is 1. The monoisotopic (exact) mass is 354 g/mol. The van der Waals surface area contributed by atoms with Crippen LogP contribution in [0.3, 0.4) is 0 Å². The SMILES string of the molecule is O=C(Nc1ccc2c(c1)nc1n2CCCCC1)C1CCC2NNNC2C1. The average molecular weight is 354 g/mol. The Hall–Kier alpha value is -1.96. The molecule has 138 valence electrons. The molecule has 0 bridgehead atoms. The predicted octanol–water partition coefficient (Wildman–Crippen LogP) is 1.85. The zero-order valence-electron chi connectivity index (χ0n) is 14.9. The predicted molar refractivity (Wildman–Crippen MR) is 100 cm³/mol. The van der Waals surface area contributed by atoms with Crippen molar-refractivity contribution in [2.24, 2.45) is 5.92 Å². The molecular formula is C19H26N6O. The minimum absolute atomic E-state index is 0.0554. The Bertz CT molecular complexity index is 831. The van der Waals surface area contributed by atoms with E-state index in [1.54, 1.807) is 0 Å². The molecule has 1 saturated carbocycles. The van der Waals surface area contributed by atoms with Crippen LogP contribution in [0.5, 0.6) is 0 Å². The largest absolute Gasteiger partial charge is 0.328 e. The highest BCUT2D eigenvalue weighted by Crippen LogP contribution is 2.28. The van der Waals surface area contributed by atoms with Gasteiger partial charge in [-0.2, -0.15) is 5.53 Å². The molecule has 1 saturated heterocycles.